The fourth-order valence-corrected chi connectivity index (χ4v) is 2.33. The molecule has 104 valence electrons. The molecule has 19 heavy (non-hydrogen) atoms. The van der Waals surface area contributed by atoms with Crippen molar-refractivity contribution in [3.8, 4) is 0 Å². The molecule has 2 rings (SSSR count). The maximum atomic E-state index is 12.0. The Morgan fingerprint density at radius 3 is 2.84 bits per heavy atom. The summed E-state index contributed by atoms with van der Waals surface area (Å²) < 4.78 is 0. The summed E-state index contributed by atoms with van der Waals surface area (Å²) in [5, 5.41) is 3.04. The number of hydrogen-bond acceptors (Lipinski definition) is 3. The van der Waals surface area contributed by atoms with Crippen LogP contribution in [0.4, 0.5) is 11.4 Å². The van der Waals surface area contributed by atoms with Crippen LogP contribution in [-0.4, -0.2) is 25.0 Å². The molecule has 0 saturated carbocycles. The Bertz CT molecular complexity index is 470. The van der Waals surface area contributed by atoms with E-state index in [4.69, 9.17) is 5.73 Å². The van der Waals surface area contributed by atoms with Gasteiger partial charge in [0.15, 0.2) is 0 Å². The first-order valence-corrected chi connectivity index (χ1v) is 6.90. The second-order valence-electron chi connectivity index (χ2n) is 5.62. The van der Waals surface area contributed by atoms with Gasteiger partial charge in [-0.3, -0.25) is 4.79 Å². The molecule has 0 radical (unpaired) electrons. The number of nitrogen functional groups attached to an aromatic ring is 1. The summed E-state index contributed by atoms with van der Waals surface area (Å²) in [6.07, 6.45) is 0.926. The van der Waals surface area contributed by atoms with E-state index in [1.165, 1.54) is 5.56 Å². The normalized spacial score (nSPS) is 15.5. The highest BCUT2D eigenvalue weighted by Gasteiger charge is 2.23. The van der Waals surface area contributed by atoms with Crippen molar-refractivity contribution in [1.82, 2.24) is 5.32 Å². The van der Waals surface area contributed by atoms with Crippen molar-refractivity contribution >= 4 is 17.3 Å². The van der Waals surface area contributed by atoms with Crippen LogP contribution in [0.2, 0.25) is 0 Å². The zero-order valence-electron chi connectivity index (χ0n) is 11.9. The van der Waals surface area contributed by atoms with Crippen LogP contribution < -0.4 is 16.0 Å². The highest BCUT2D eigenvalue weighted by Crippen LogP contribution is 2.31. The number of carbonyl (C=O) groups excluding carboxylic acids is 1. The van der Waals surface area contributed by atoms with E-state index in [0.29, 0.717) is 12.5 Å². The summed E-state index contributed by atoms with van der Waals surface area (Å²) in [5.41, 5.74) is 9.07. The molecule has 1 atom stereocenters. The Morgan fingerprint density at radius 2 is 2.16 bits per heavy atom. The minimum Gasteiger partial charge on any atom is -0.398 e. The number of nitrogens with zero attached hydrogens (tertiary/aromatic N) is 1. The van der Waals surface area contributed by atoms with Gasteiger partial charge in [0.2, 0.25) is 5.91 Å². The SMILES string of the molecule is CC(C)C(C)NC(=O)CN1CCc2c(N)cccc21. The van der Waals surface area contributed by atoms with E-state index in [0.717, 1.165) is 24.3 Å². The lowest BCUT2D eigenvalue weighted by Gasteiger charge is -2.22. The first-order valence-electron chi connectivity index (χ1n) is 6.90. The molecule has 0 aromatic heterocycles. The number of carbonyl (C=O) groups is 1. The van der Waals surface area contributed by atoms with E-state index in [1.54, 1.807) is 0 Å². The Hall–Kier alpha value is -1.71. The first kappa shape index (κ1) is 13.7. The van der Waals surface area contributed by atoms with Crippen LogP contribution in [0.3, 0.4) is 0 Å². The third kappa shape index (κ3) is 3.00. The van der Waals surface area contributed by atoms with Crippen LogP contribution >= 0.6 is 0 Å². The van der Waals surface area contributed by atoms with Crippen LogP contribution in [0.25, 0.3) is 0 Å². The van der Waals surface area contributed by atoms with E-state index in [9.17, 15) is 4.79 Å². The molecule has 0 bridgehead atoms. The summed E-state index contributed by atoms with van der Waals surface area (Å²) in [6.45, 7) is 7.53. The molecule has 4 nitrogen and oxygen atoms in total. The van der Waals surface area contributed by atoms with Gasteiger partial charge in [0.25, 0.3) is 0 Å². The number of amides is 1. The van der Waals surface area contributed by atoms with Crippen LogP contribution in [0.5, 0.6) is 0 Å². The Balaban J connectivity index is 2.00. The maximum Gasteiger partial charge on any atom is 0.239 e. The second-order valence-corrected chi connectivity index (χ2v) is 5.62. The highest BCUT2D eigenvalue weighted by molar-refractivity contribution is 5.83. The summed E-state index contributed by atoms with van der Waals surface area (Å²) in [6, 6.07) is 6.11. The third-order valence-corrected chi connectivity index (χ3v) is 3.88. The Morgan fingerprint density at radius 1 is 1.42 bits per heavy atom. The van der Waals surface area contributed by atoms with Crippen molar-refractivity contribution in [1.29, 1.82) is 0 Å². The average Bonchev–Trinajstić information content (AvgIpc) is 2.73. The van der Waals surface area contributed by atoms with Crippen molar-refractivity contribution in [2.75, 3.05) is 23.7 Å². The van der Waals surface area contributed by atoms with E-state index in [2.05, 4.69) is 24.1 Å². The van der Waals surface area contributed by atoms with E-state index < -0.39 is 0 Å². The van der Waals surface area contributed by atoms with Gasteiger partial charge in [0.05, 0.1) is 6.54 Å². The van der Waals surface area contributed by atoms with Crippen molar-refractivity contribution in [3.63, 3.8) is 0 Å². The molecule has 1 amide bonds. The van der Waals surface area contributed by atoms with Crippen LogP contribution in [0.1, 0.15) is 26.3 Å². The lowest BCUT2D eigenvalue weighted by Crippen LogP contribution is -2.42. The molecular formula is C15H23N3O. The fraction of sp³-hybridized carbons (Fsp3) is 0.533. The minimum absolute atomic E-state index is 0.0801. The van der Waals surface area contributed by atoms with E-state index >= 15 is 0 Å². The summed E-state index contributed by atoms with van der Waals surface area (Å²) in [7, 11) is 0. The summed E-state index contributed by atoms with van der Waals surface area (Å²) in [4.78, 5) is 14.1. The molecule has 4 heteroatoms. The number of nitrogens with one attached hydrogen (secondary N) is 1. The minimum atomic E-state index is 0.0801. The largest absolute Gasteiger partial charge is 0.398 e. The Kier molecular flexibility index (Phi) is 3.98. The molecule has 1 heterocycles. The molecular weight excluding hydrogens is 238 g/mol. The number of fused-ring (bicyclic) bond motifs is 1. The zero-order chi connectivity index (χ0) is 14.0. The second kappa shape index (κ2) is 5.51. The number of rotatable bonds is 4. The molecule has 0 aliphatic carbocycles. The van der Waals surface area contributed by atoms with E-state index in [1.807, 2.05) is 25.1 Å². The third-order valence-electron chi connectivity index (χ3n) is 3.88. The quantitative estimate of drug-likeness (QED) is 0.812. The summed E-state index contributed by atoms with van der Waals surface area (Å²) in [5.74, 6) is 0.530. The molecule has 1 aliphatic heterocycles. The van der Waals surface area contributed by atoms with Gasteiger partial charge in [-0.05, 0) is 31.4 Å². The molecule has 0 spiro atoms. The van der Waals surface area contributed by atoms with E-state index in [-0.39, 0.29) is 11.9 Å². The zero-order valence-corrected chi connectivity index (χ0v) is 11.9. The molecule has 3 N–H and O–H groups in total. The van der Waals surface area contributed by atoms with Crippen LogP contribution in [0.15, 0.2) is 18.2 Å². The molecule has 1 aliphatic rings. The molecule has 0 fully saturated rings. The predicted octanol–water partition coefficient (Wildman–Crippen LogP) is 1.79. The number of anilines is 2. The van der Waals surface area contributed by atoms with Gasteiger partial charge in [-0.2, -0.15) is 0 Å². The van der Waals surface area contributed by atoms with Crippen LogP contribution in [0, 0.1) is 5.92 Å². The monoisotopic (exact) mass is 261 g/mol. The van der Waals surface area contributed by atoms with Gasteiger partial charge in [0, 0.05) is 29.5 Å². The molecule has 1 aromatic carbocycles. The van der Waals surface area contributed by atoms with Crippen molar-refractivity contribution < 1.29 is 4.79 Å². The topological polar surface area (TPSA) is 58.4 Å². The van der Waals surface area contributed by atoms with Crippen LogP contribution in [-0.2, 0) is 11.2 Å². The number of nitrogens with two attached hydrogens (primary N) is 1. The molecule has 1 aromatic rings. The average molecular weight is 261 g/mol. The maximum absolute atomic E-state index is 12.0. The molecule has 1 unspecified atom stereocenters. The van der Waals surface area contributed by atoms with Crippen molar-refractivity contribution in [2.45, 2.75) is 33.2 Å². The lowest BCUT2D eigenvalue weighted by atomic mass is 10.1. The van der Waals surface area contributed by atoms with Gasteiger partial charge < -0.3 is 16.0 Å². The Labute approximate surface area is 115 Å². The number of hydrogen-bond donors (Lipinski definition) is 2. The lowest BCUT2D eigenvalue weighted by molar-refractivity contribution is -0.120. The highest BCUT2D eigenvalue weighted by atomic mass is 16.2. The number of benzene rings is 1. The van der Waals surface area contributed by atoms with Gasteiger partial charge in [-0.15, -0.1) is 0 Å². The fourth-order valence-electron chi connectivity index (χ4n) is 2.33. The van der Waals surface area contributed by atoms with Gasteiger partial charge in [0.1, 0.15) is 0 Å². The van der Waals surface area contributed by atoms with Crippen molar-refractivity contribution in [3.05, 3.63) is 23.8 Å². The van der Waals surface area contributed by atoms with Crippen molar-refractivity contribution in [2.24, 2.45) is 5.92 Å². The standard InChI is InChI=1S/C15H23N3O/c1-10(2)11(3)17-15(19)9-18-8-7-12-13(16)5-4-6-14(12)18/h4-6,10-11H,7-9,16H2,1-3H3,(H,17,19). The smallest absolute Gasteiger partial charge is 0.239 e. The van der Waals surface area contributed by atoms with Gasteiger partial charge >= 0.3 is 0 Å². The molecule has 0 saturated heterocycles. The summed E-state index contributed by atoms with van der Waals surface area (Å²) >= 11 is 0. The first-order chi connectivity index (χ1) is 8.99. The van der Waals surface area contributed by atoms with Gasteiger partial charge in [-0.25, -0.2) is 0 Å². The predicted molar refractivity (Wildman–Crippen MR) is 79.2 cm³/mol. The van der Waals surface area contributed by atoms with Gasteiger partial charge in [-0.1, -0.05) is 19.9 Å².